The molecule has 0 saturated heterocycles. The molecule has 0 bridgehead atoms. The van der Waals surface area contributed by atoms with E-state index in [2.05, 4.69) is 4.99 Å². The third kappa shape index (κ3) is 4.33. The van der Waals surface area contributed by atoms with Gasteiger partial charge < -0.3 is 14.6 Å². The van der Waals surface area contributed by atoms with Gasteiger partial charge in [0.15, 0.2) is 4.80 Å². The summed E-state index contributed by atoms with van der Waals surface area (Å²) in [5.74, 6) is -0.591. The quantitative estimate of drug-likeness (QED) is 0.315. The van der Waals surface area contributed by atoms with Gasteiger partial charge in [-0.15, -0.1) is 0 Å². The topological polar surface area (TPSA) is 133 Å². The third-order valence-electron chi connectivity index (χ3n) is 5.46. The summed E-state index contributed by atoms with van der Waals surface area (Å²) in [6, 6.07) is 10.2. The van der Waals surface area contributed by atoms with Crippen molar-refractivity contribution in [2.24, 2.45) is 4.99 Å². The first-order chi connectivity index (χ1) is 16.8. The van der Waals surface area contributed by atoms with E-state index in [1.54, 1.807) is 38.1 Å². The number of rotatable bonds is 6. The van der Waals surface area contributed by atoms with Crippen LogP contribution < -0.4 is 19.6 Å². The van der Waals surface area contributed by atoms with Crippen molar-refractivity contribution in [3.05, 3.63) is 94.7 Å². The second kappa shape index (κ2) is 9.55. The molecule has 0 saturated carbocycles. The molecule has 10 nitrogen and oxygen atoms in total. The summed E-state index contributed by atoms with van der Waals surface area (Å²) in [6.45, 7) is 3.51. The number of carbonyl (C=O) groups is 1. The lowest BCUT2D eigenvalue weighted by atomic mass is 9.95. The van der Waals surface area contributed by atoms with Crippen molar-refractivity contribution in [3.8, 4) is 11.5 Å². The van der Waals surface area contributed by atoms with E-state index in [1.807, 2.05) is 0 Å². The maximum atomic E-state index is 13.6. The minimum atomic E-state index is -0.832. The van der Waals surface area contributed by atoms with Crippen LogP contribution >= 0.6 is 11.3 Å². The van der Waals surface area contributed by atoms with E-state index in [-0.39, 0.29) is 22.3 Å². The van der Waals surface area contributed by atoms with E-state index in [4.69, 9.17) is 9.47 Å². The minimum absolute atomic E-state index is 0.115. The van der Waals surface area contributed by atoms with E-state index in [1.165, 1.54) is 36.0 Å². The molecule has 1 N–H and O–H groups in total. The Labute approximate surface area is 202 Å². The number of phenols is 1. The molecule has 35 heavy (non-hydrogen) atoms. The summed E-state index contributed by atoms with van der Waals surface area (Å²) >= 11 is 1.05. The molecule has 2 aromatic carbocycles. The highest BCUT2D eigenvalue weighted by Crippen LogP contribution is 2.33. The molecule has 1 aliphatic heterocycles. The Hall–Kier alpha value is -4.25. The highest BCUT2D eigenvalue weighted by atomic mass is 32.1. The first-order valence-corrected chi connectivity index (χ1v) is 11.4. The summed E-state index contributed by atoms with van der Waals surface area (Å²) in [5.41, 5.74) is 0.416. The second-order valence-corrected chi connectivity index (χ2v) is 8.56. The minimum Gasteiger partial charge on any atom is -0.502 e. The van der Waals surface area contributed by atoms with Crippen LogP contribution in [0, 0.1) is 10.1 Å². The van der Waals surface area contributed by atoms with Crippen LogP contribution in [-0.2, 0) is 9.53 Å². The molecule has 2 heterocycles. The Kier molecular flexibility index (Phi) is 6.52. The number of aromatic nitrogens is 1. The number of nitro benzene ring substituents is 1. The molecule has 0 aliphatic carbocycles. The molecule has 0 amide bonds. The highest BCUT2D eigenvalue weighted by molar-refractivity contribution is 7.07. The van der Waals surface area contributed by atoms with Crippen molar-refractivity contribution < 1.29 is 24.3 Å². The number of allylic oxidation sites excluding steroid dienone is 1. The Balaban J connectivity index is 1.98. The van der Waals surface area contributed by atoms with Gasteiger partial charge in [0.05, 0.1) is 40.5 Å². The number of hydrogen-bond donors (Lipinski definition) is 1. The number of esters is 1. The lowest BCUT2D eigenvalue weighted by Crippen LogP contribution is -2.39. The van der Waals surface area contributed by atoms with Gasteiger partial charge in [0.2, 0.25) is 5.75 Å². The number of fused-ring (bicyclic) bond motifs is 1. The number of carbonyl (C=O) groups excluding carboxylic acids is 1. The average molecular weight is 496 g/mol. The van der Waals surface area contributed by atoms with Crippen molar-refractivity contribution in [1.29, 1.82) is 0 Å². The van der Waals surface area contributed by atoms with E-state index in [0.717, 1.165) is 11.3 Å². The Bertz CT molecular complexity index is 1550. The van der Waals surface area contributed by atoms with Crippen LogP contribution in [-0.4, -0.2) is 34.3 Å². The number of nitrogens with zero attached hydrogens (tertiary/aromatic N) is 3. The normalized spacial score (nSPS) is 15.4. The zero-order valence-electron chi connectivity index (χ0n) is 19.0. The van der Waals surface area contributed by atoms with Gasteiger partial charge in [0, 0.05) is 11.6 Å². The molecule has 0 radical (unpaired) electrons. The largest absolute Gasteiger partial charge is 0.502 e. The SMILES string of the molecule is CCOC(=O)C1=C(C)N=c2sc(=Cc3cccc([N+](=O)[O-])c3O)c(=O)n2C1c1cccc(OC)c1. The van der Waals surface area contributed by atoms with Gasteiger partial charge in [0.25, 0.3) is 5.56 Å². The third-order valence-corrected chi connectivity index (χ3v) is 6.44. The van der Waals surface area contributed by atoms with E-state index in [9.17, 15) is 24.8 Å². The molecule has 1 aliphatic rings. The zero-order valence-corrected chi connectivity index (χ0v) is 19.9. The molecule has 1 unspecified atom stereocenters. The number of benzene rings is 2. The fourth-order valence-electron chi connectivity index (χ4n) is 3.87. The molecular formula is C24H21N3O7S. The van der Waals surface area contributed by atoms with Crippen molar-refractivity contribution >= 4 is 29.1 Å². The number of ether oxygens (including phenoxy) is 2. The summed E-state index contributed by atoms with van der Waals surface area (Å²) in [4.78, 5) is 41.8. The zero-order chi connectivity index (χ0) is 25.3. The molecule has 4 rings (SSSR count). The summed E-state index contributed by atoms with van der Waals surface area (Å²) in [5, 5.41) is 21.5. The van der Waals surface area contributed by atoms with Crippen molar-refractivity contribution in [2.45, 2.75) is 19.9 Å². The molecule has 3 aromatic rings. The Morgan fingerprint density at radius 3 is 2.74 bits per heavy atom. The van der Waals surface area contributed by atoms with Crippen LogP contribution in [0.1, 0.15) is 31.0 Å². The number of nitro groups is 1. The van der Waals surface area contributed by atoms with Gasteiger partial charge in [-0.3, -0.25) is 19.5 Å². The van der Waals surface area contributed by atoms with Crippen LogP contribution in [0.2, 0.25) is 0 Å². The fraction of sp³-hybridized carbons (Fsp3) is 0.208. The second-order valence-electron chi connectivity index (χ2n) is 7.55. The standard InChI is InChI=1S/C24H21N3O7S/c1-4-34-23(30)19-13(2)25-24-26(20(19)14-7-5-9-16(11-14)33-3)22(29)18(35-24)12-15-8-6-10-17(21(15)28)27(31)32/h5-12,20,28H,4H2,1-3H3. The van der Waals surface area contributed by atoms with Gasteiger partial charge >= 0.3 is 11.7 Å². The van der Waals surface area contributed by atoms with E-state index < -0.39 is 33.9 Å². The summed E-state index contributed by atoms with van der Waals surface area (Å²) in [7, 11) is 1.52. The summed E-state index contributed by atoms with van der Waals surface area (Å²) in [6.07, 6.45) is 1.37. The molecule has 11 heteroatoms. The number of phenolic OH excluding ortho intramolecular Hbond substituents is 1. The number of thiazole rings is 1. The first kappa shape index (κ1) is 23.9. The first-order valence-electron chi connectivity index (χ1n) is 10.6. The lowest BCUT2D eigenvalue weighted by Gasteiger charge is -2.25. The molecular weight excluding hydrogens is 474 g/mol. The van der Waals surface area contributed by atoms with Gasteiger partial charge in [-0.2, -0.15) is 0 Å². The monoisotopic (exact) mass is 495 g/mol. The van der Waals surface area contributed by atoms with Gasteiger partial charge in [0.1, 0.15) is 5.75 Å². The van der Waals surface area contributed by atoms with Gasteiger partial charge in [-0.05, 0) is 37.6 Å². The van der Waals surface area contributed by atoms with Crippen molar-refractivity contribution in [1.82, 2.24) is 4.57 Å². The molecule has 180 valence electrons. The highest BCUT2D eigenvalue weighted by Gasteiger charge is 2.33. The van der Waals surface area contributed by atoms with Crippen LogP contribution in [0.4, 0.5) is 5.69 Å². The fourth-order valence-corrected chi connectivity index (χ4v) is 4.91. The Morgan fingerprint density at radius 1 is 1.31 bits per heavy atom. The van der Waals surface area contributed by atoms with Crippen LogP contribution in [0.25, 0.3) is 6.08 Å². The molecule has 0 spiro atoms. The number of aromatic hydroxyl groups is 1. The van der Waals surface area contributed by atoms with Crippen LogP contribution in [0.5, 0.6) is 11.5 Å². The lowest BCUT2D eigenvalue weighted by molar-refractivity contribution is -0.385. The van der Waals surface area contributed by atoms with Gasteiger partial charge in [-0.1, -0.05) is 35.6 Å². The van der Waals surface area contributed by atoms with Crippen molar-refractivity contribution in [3.63, 3.8) is 0 Å². The smallest absolute Gasteiger partial charge is 0.338 e. The maximum absolute atomic E-state index is 13.6. The van der Waals surface area contributed by atoms with Gasteiger partial charge in [-0.25, -0.2) is 9.79 Å². The Morgan fingerprint density at radius 2 is 2.06 bits per heavy atom. The molecule has 1 atom stereocenters. The van der Waals surface area contributed by atoms with Crippen LogP contribution in [0.15, 0.2) is 63.5 Å². The predicted molar refractivity (Wildman–Crippen MR) is 128 cm³/mol. The molecule has 1 aromatic heterocycles. The maximum Gasteiger partial charge on any atom is 0.338 e. The summed E-state index contributed by atoms with van der Waals surface area (Å²) < 4.78 is 12.2. The number of para-hydroxylation sites is 1. The number of methoxy groups -OCH3 is 1. The number of hydrogen-bond acceptors (Lipinski definition) is 9. The van der Waals surface area contributed by atoms with Crippen LogP contribution in [0.3, 0.4) is 0 Å². The average Bonchev–Trinajstić information content (AvgIpc) is 3.13. The predicted octanol–water partition coefficient (Wildman–Crippen LogP) is 2.42. The van der Waals surface area contributed by atoms with E-state index >= 15 is 0 Å². The van der Waals surface area contributed by atoms with Crippen molar-refractivity contribution in [2.75, 3.05) is 13.7 Å². The molecule has 0 fully saturated rings. The van der Waals surface area contributed by atoms with E-state index in [0.29, 0.717) is 21.8 Å².